The van der Waals surface area contributed by atoms with Gasteiger partial charge in [0.15, 0.2) is 9.84 Å². The van der Waals surface area contributed by atoms with Crippen LogP contribution in [0.4, 0.5) is 0 Å². The molecule has 0 atom stereocenters. The number of rotatable bonds is 7. The van der Waals surface area contributed by atoms with Gasteiger partial charge in [0.05, 0.1) is 16.5 Å². The van der Waals surface area contributed by atoms with Gasteiger partial charge in [-0.05, 0) is 18.2 Å². The number of benzene rings is 1. The first-order valence-electron chi connectivity index (χ1n) is 5.59. The van der Waals surface area contributed by atoms with E-state index in [0.29, 0.717) is 5.02 Å². The zero-order chi connectivity index (χ0) is 16.0. The largest absolute Gasteiger partial charge is 0.480 e. The Morgan fingerprint density at radius 3 is 2.43 bits per heavy atom. The van der Waals surface area contributed by atoms with Crippen LogP contribution in [-0.4, -0.2) is 44.4 Å². The third kappa shape index (κ3) is 5.88. The molecule has 0 spiro atoms. The number of carboxylic acid groups (broad SMARTS) is 1. The molecule has 1 amide bonds. The lowest BCUT2D eigenvalue weighted by Gasteiger charge is -2.08. The standard InChI is InChI=1S/C11H12Cl2N2O5S/c12-7-1-2-9(8(13)3-7)21(19,20)6-14-4-10(16)15-5-11(17)18/h1-3,14H,4-6H2,(H,15,16)(H,17,18). The molecule has 0 bridgehead atoms. The Labute approximate surface area is 131 Å². The molecule has 3 N–H and O–H groups in total. The van der Waals surface area contributed by atoms with E-state index in [9.17, 15) is 18.0 Å². The van der Waals surface area contributed by atoms with Crippen molar-refractivity contribution in [2.24, 2.45) is 0 Å². The van der Waals surface area contributed by atoms with Crippen LogP contribution < -0.4 is 10.6 Å². The van der Waals surface area contributed by atoms with Crippen molar-refractivity contribution in [1.29, 1.82) is 0 Å². The second kappa shape index (κ2) is 7.60. The smallest absolute Gasteiger partial charge is 0.322 e. The summed E-state index contributed by atoms with van der Waals surface area (Å²) in [4.78, 5) is 21.3. The van der Waals surface area contributed by atoms with Crippen molar-refractivity contribution in [2.75, 3.05) is 19.0 Å². The molecule has 0 fully saturated rings. The Bertz CT molecular complexity index is 648. The lowest BCUT2D eigenvalue weighted by molar-refractivity contribution is -0.137. The lowest BCUT2D eigenvalue weighted by Crippen LogP contribution is -2.38. The molecule has 7 nitrogen and oxygen atoms in total. The molecular formula is C11H12Cl2N2O5S. The minimum absolute atomic E-state index is 0.0142. The van der Waals surface area contributed by atoms with Gasteiger partial charge in [-0.2, -0.15) is 0 Å². The van der Waals surface area contributed by atoms with E-state index in [-0.39, 0.29) is 16.5 Å². The maximum absolute atomic E-state index is 12.0. The van der Waals surface area contributed by atoms with Crippen LogP contribution in [0.3, 0.4) is 0 Å². The second-order valence-electron chi connectivity index (χ2n) is 3.93. The quantitative estimate of drug-likeness (QED) is 0.657. The molecule has 0 heterocycles. The summed E-state index contributed by atoms with van der Waals surface area (Å²) in [5.41, 5.74) is 0. The predicted molar refractivity (Wildman–Crippen MR) is 77.2 cm³/mol. The van der Waals surface area contributed by atoms with Gasteiger partial charge in [0, 0.05) is 5.02 Å². The van der Waals surface area contributed by atoms with Crippen LogP contribution in [0, 0.1) is 0 Å². The van der Waals surface area contributed by atoms with Crippen molar-refractivity contribution in [3.63, 3.8) is 0 Å². The van der Waals surface area contributed by atoms with Crippen molar-refractivity contribution in [2.45, 2.75) is 4.90 Å². The van der Waals surface area contributed by atoms with Crippen LogP contribution in [0.5, 0.6) is 0 Å². The van der Waals surface area contributed by atoms with E-state index in [1.54, 1.807) is 0 Å². The highest BCUT2D eigenvalue weighted by atomic mass is 35.5. The summed E-state index contributed by atoms with van der Waals surface area (Å²) in [6, 6.07) is 3.96. The molecule has 1 rings (SSSR count). The zero-order valence-corrected chi connectivity index (χ0v) is 12.9. The topological polar surface area (TPSA) is 113 Å². The predicted octanol–water partition coefficient (Wildman–Crippen LogP) is 0.515. The third-order valence-electron chi connectivity index (χ3n) is 2.24. The normalized spacial score (nSPS) is 11.1. The maximum atomic E-state index is 12.0. The molecule has 1 aromatic rings. The summed E-state index contributed by atoms with van der Waals surface area (Å²) in [5.74, 6) is -2.34. The first kappa shape index (κ1) is 17.7. The second-order valence-corrected chi connectivity index (χ2v) is 6.73. The number of hydrogen-bond acceptors (Lipinski definition) is 5. The summed E-state index contributed by atoms with van der Waals surface area (Å²) in [5, 5.41) is 13.1. The van der Waals surface area contributed by atoms with Gasteiger partial charge in [-0.3, -0.25) is 14.9 Å². The molecular weight excluding hydrogens is 343 g/mol. The van der Waals surface area contributed by atoms with Crippen LogP contribution in [0.2, 0.25) is 10.0 Å². The molecule has 0 unspecified atom stereocenters. The van der Waals surface area contributed by atoms with Gasteiger partial charge in [0.1, 0.15) is 12.4 Å². The highest BCUT2D eigenvalue weighted by Gasteiger charge is 2.18. The van der Waals surface area contributed by atoms with E-state index < -0.39 is 34.1 Å². The monoisotopic (exact) mass is 354 g/mol. The van der Waals surface area contributed by atoms with Crippen molar-refractivity contribution in [3.05, 3.63) is 28.2 Å². The molecule has 0 aliphatic carbocycles. The van der Waals surface area contributed by atoms with Crippen LogP contribution in [0.25, 0.3) is 0 Å². The fourth-order valence-electron chi connectivity index (χ4n) is 1.34. The Hall–Kier alpha value is -1.35. The Morgan fingerprint density at radius 2 is 1.86 bits per heavy atom. The number of carbonyl (C=O) groups is 2. The molecule has 21 heavy (non-hydrogen) atoms. The average molecular weight is 355 g/mol. The van der Waals surface area contributed by atoms with E-state index in [2.05, 4.69) is 10.6 Å². The van der Waals surface area contributed by atoms with E-state index in [1.807, 2.05) is 0 Å². The van der Waals surface area contributed by atoms with Gasteiger partial charge >= 0.3 is 5.97 Å². The fourth-order valence-corrected chi connectivity index (χ4v) is 3.26. The first-order chi connectivity index (χ1) is 9.72. The average Bonchev–Trinajstić information content (AvgIpc) is 2.35. The summed E-state index contributed by atoms with van der Waals surface area (Å²) < 4.78 is 24.0. The summed E-state index contributed by atoms with van der Waals surface area (Å²) in [6.45, 7) is -0.867. The summed E-state index contributed by atoms with van der Waals surface area (Å²) in [7, 11) is -3.73. The van der Waals surface area contributed by atoms with Gasteiger partial charge in [-0.25, -0.2) is 8.42 Å². The van der Waals surface area contributed by atoms with Crippen molar-refractivity contribution in [3.8, 4) is 0 Å². The number of carbonyl (C=O) groups excluding carboxylic acids is 1. The number of sulfone groups is 1. The van der Waals surface area contributed by atoms with Crippen molar-refractivity contribution < 1.29 is 23.1 Å². The Balaban J connectivity index is 2.57. The molecule has 1 aromatic carbocycles. The fraction of sp³-hybridized carbons (Fsp3) is 0.273. The number of aliphatic carboxylic acids is 1. The van der Waals surface area contributed by atoms with Gasteiger partial charge in [-0.1, -0.05) is 23.2 Å². The highest BCUT2D eigenvalue weighted by Crippen LogP contribution is 2.25. The first-order valence-corrected chi connectivity index (χ1v) is 8.00. The summed E-state index contributed by atoms with van der Waals surface area (Å²) in [6.07, 6.45) is 0. The third-order valence-corrected chi connectivity index (χ3v) is 4.51. The Kier molecular flexibility index (Phi) is 6.41. The molecule has 10 heteroatoms. The van der Waals surface area contributed by atoms with E-state index in [1.165, 1.54) is 18.2 Å². The van der Waals surface area contributed by atoms with Crippen LogP contribution in [0.1, 0.15) is 0 Å². The number of halogens is 2. The highest BCUT2D eigenvalue weighted by molar-refractivity contribution is 7.91. The van der Waals surface area contributed by atoms with Crippen molar-refractivity contribution >= 4 is 44.9 Å². The van der Waals surface area contributed by atoms with Gasteiger partial charge in [0.25, 0.3) is 0 Å². The number of nitrogens with one attached hydrogen (secondary N) is 2. The molecule has 0 aliphatic heterocycles. The summed E-state index contributed by atoms with van der Waals surface area (Å²) >= 11 is 11.5. The molecule has 116 valence electrons. The molecule has 0 saturated heterocycles. The van der Waals surface area contributed by atoms with E-state index in [4.69, 9.17) is 28.3 Å². The number of carboxylic acids is 1. The van der Waals surface area contributed by atoms with E-state index >= 15 is 0 Å². The zero-order valence-electron chi connectivity index (χ0n) is 10.6. The maximum Gasteiger partial charge on any atom is 0.322 e. The van der Waals surface area contributed by atoms with Gasteiger partial charge in [-0.15, -0.1) is 0 Å². The minimum Gasteiger partial charge on any atom is -0.480 e. The van der Waals surface area contributed by atoms with Crippen LogP contribution in [0.15, 0.2) is 23.1 Å². The van der Waals surface area contributed by atoms with Gasteiger partial charge in [0.2, 0.25) is 5.91 Å². The molecule has 0 saturated carbocycles. The van der Waals surface area contributed by atoms with Crippen LogP contribution in [-0.2, 0) is 19.4 Å². The molecule has 0 aromatic heterocycles. The molecule has 0 radical (unpaired) electrons. The SMILES string of the molecule is O=C(O)CNC(=O)CNCS(=O)(=O)c1ccc(Cl)cc1Cl. The van der Waals surface area contributed by atoms with Gasteiger partial charge < -0.3 is 10.4 Å². The lowest BCUT2D eigenvalue weighted by atomic mass is 10.4. The number of hydrogen-bond donors (Lipinski definition) is 3. The van der Waals surface area contributed by atoms with E-state index in [0.717, 1.165) is 0 Å². The Morgan fingerprint density at radius 1 is 1.19 bits per heavy atom. The number of amides is 1. The minimum atomic E-state index is -3.73. The molecule has 0 aliphatic rings. The van der Waals surface area contributed by atoms with Crippen LogP contribution >= 0.6 is 23.2 Å². The van der Waals surface area contributed by atoms with Crippen molar-refractivity contribution in [1.82, 2.24) is 10.6 Å².